The van der Waals surface area contributed by atoms with E-state index in [1.54, 1.807) is 32.4 Å². The van der Waals surface area contributed by atoms with Crippen LogP contribution >= 0.6 is 25.4 Å². The van der Waals surface area contributed by atoms with Gasteiger partial charge in [0.2, 0.25) is 0 Å². The van der Waals surface area contributed by atoms with E-state index >= 15 is 0 Å². The van der Waals surface area contributed by atoms with Crippen molar-refractivity contribution < 1.29 is 64.2 Å². The van der Waals surface area contributed by atoms with Crippen LogP contribution in [0.1, 0.15) is 180 Å². The Morgan fingerprint density at radius 3 is 2.11 bits per heavy atom. The van der Waals surface area contributed by atoms with Crippen LogP contribution < -0.4 is 13.8 Å². The van der Waals surface area contributed by atoms with Crippen LogP contribution in [0, 0.1) is 45.8 Å². The van der Waals surface area contributed by atoms with Crippen molar-refractivity contribution >= 4 is 42.4 Å². The van der Waals surface area contributed by atoms with Crippen molar-refractivity contribution in [2.45, 2.75) is 196 Å². The molecule has 14 nitrogen and oxygen atoms in total. The van der Waals surface area contributed by atoms with Gasteiger partial charge in [0, 0.05) is 55.1 Å². The maximum Gasteiger partial charge on any atom is 0.532 e. The molecule has 81 heavy (non-hydrogen) atoms. The predicted molar refractivity (Wildman–Crippen MR) is 315 cm³/mol. The van der Waals surface area contributed by atoms with E-state index < -0.39 is 49.7 Å². The van der Waals surface area contributed by atoms with Gasteiger partial charge in [-0.2, -0.15) is 0 Å². The Labute approximate surface area is 483 Å². The summed E-state index contributed by atoms with van der Waals surface area (Å²) in [7, 11) is -0.877. The van der Waals surface area contributed by atoms with E-state index in [-0.39, 0.29) is 69.4 Å². The topological polar surface area (TPSA) is 156 Å². The van der Waals surface area contributed by atoms with Crippen molar-refractivity contribution in [1.29, 1.82) is 0 Å². The number of hydrogen-bond acceptors (Lipinski definition) is 14. The molecule has 0 spiro atoms. The van der Waals surface area contributed by atoms with Crippen molar-refractivity contribution in [2.75, 3.05) is 21.3 Å². The molecule has 0 radical (unpaired) electrons. The number of para-hydroxylation sites is 1. The molecule has 2 fully saturated rings. The number of ether oxygens (including phenoxy) is 3. The largest absolute Gasteiger partial charge is 0.532 e. The quantitative estimate of drug-likeness (QED) is 0.191. The van der Waals surface area contributed by atoms with Crippen molar-refractivity contribution in [3.8, 4) is 11.5 Å². The fraction of sp³-hybridized carbons (Fsp3) is 0.641. The molecular weight excluding hydrogens is 1090 g/mol. The van der Waals surface area contributed by atoms with Crippen LogP contribution in [0.3, 0.4) is 0 Å². The Balaban J connectivity index is 1.01. The van der Waals surface area contributed by atoms with Crippen molar-refractivity contribution in [1.82, 2.24) is 0 Å². The number of carbonyl (C=O) groups is 1. The van der Waals surface area contributed by atoms with Gasteiger partial charge in [-0.15, -0.1) is 0 Å². The molecule has 3 aromatic rings. The molecule has 0 amide bonds. The average Bonchev–Trinajstić information content (AvgIpc) is 3.28. The second kappa shape index (κ2) is 22.5. The molecule has 442 valence electrons. The SMILES string of the molecule is COc1cc(C(C)(C)C)c2op(OC3C(C4CC(OC)CC(C(C)(C)C)C4OP4OC5=CCCC6CC7=CCCC(OP8OC(=O)c9ccccc9O8)=C7C(=C56)O4)CC(O)CC3C(C)(C)C)oc3c(c2c1)CC(OC)CC3C(C)(C)C. The fourth-order valence-corrected chi connectivity index (χ4v) is 18.1. The minimum absolute atomic E-state index is 0.00510. The van der Waals surface area contributed by atoms with Gasteiger partial charge in [-0.1, -0.05) is 101 Å². The minimum atomic E-state index is -2.09. The lowest BCUT2D eigenvalue weighted by atomic mass is 9.57. The lowest BCUT2D eigenvalue weighted by Crippen LogP contribution is -2.56. The Hall–Kier alpha value is -3.83. The predicted octanol–water partition coefficient (Wildman–Crippen LogP) is 16.9. The Bertz CT molecular complexity index is 3060. The molecule has 14 unspecified atom stereocenters. The first-order valence-electron chi connectivity index (χ1n) is 29.5. The lowest BCUT2D eigenvalue weighted by Gasteiger charge is -2.54. The van der Waals surface area contributed by atoms with Crippen LogP contribution in [0.25, 0.3) is 11.0 Å². The summed E-state index contributed by atoms with van der Waals surface area (Å²) in [6.07, 6.45) is 10.8. The van der Waals surface area contributed by atoms with E-state index in [4.69, 9.17) is 54.3 Å². The van der Waals surface area contributed by atoms with E-state index in [0.717, 1.165) is 94.6 Å². The van der Waals surface area contributed by atoms with Crippen LogP contribution in [-0.2, 0) is 43.9 Å². The highest BCUT2D eigenvalue weighted by atomic mass is 31.2. The van der Waals surface area contributed by atoms with Crippen LogP contribution in [0.15, 0.2) is 90.9 Å². The van der Waals surface area contributed by atoms with Crippen molar-refractivity contribution in [3.05, 3.63) is 105 Å². The Morgan fingerprint density at radius 2 is 1.41 bits per heavy atom. The van der Waals surface area contributed by atoms with Gasteiger partial charge in [-0.3, -0.25) is 9.05 Å². The maximum absolute atomic E-state index is 13.2. The minimum Gasteiger partial charge on any atom is -0.497 e. The number of allylic oxidation sites excluding steroid dienone is 5. The summed E-state index contributed by atoms with van der Waals surface area (Å²) in [5, 5.41) is 13.3. The number of aliphatic hydroxyl groups is 1. The molecule has 0 saturated heterocycles. The molecule has 8 aliphatic rings. The van der Waals surface area contributed by atoms with E-state index in [0.29, 0.717) is 54.9 Å². The third-order valence-corrected chi connectivity index (χ3v) is 22.0. The normalized spacial score (nSPS) is 31.7. The van der Waals surface area contributed by atoms with Gasteiger partial charge < -0.3 is 50.3 Å². The summed E-state index contributed by atoms with van der Waals surface area (Å²) in [5.74, 6) is 3.45. The van der Waals surface area contributed by atoms with Gasteiger partial charge in [-0.25, -0.2) is 4.79 Å². The Morgan fingerprint density at radius 1 is 0.691 bits per heavy atom. The van der Waals surface area contributed by atoms with Gasteiger partial charge in [-0.05, 0) is 145 Å². The molecule has 3 heterocycles. The van der Waals surface area contributed by atoms with Gasteiger partial charge in [0.25, 0.3) is 0 Å². The van der Waals surface area contributed by atoms with E-state index in [2.05, 4.69) is 107 Å². The molecule has 2 aliphatic heterocycles. The first-order chi connectivity index (χ1) is 38.3. The second-order valence-corrected chi connectivity index (χ2v) is 31.2. The molecule has 0 bridgehead atoms. The highest BCUT2D eigenvalue weighted by Crippen LogP contribution is 2.64. The number of hydrogen-bond donors (Lipinski definition) is 1. The Kier molecular flexibility index (Phi) is 16.4. The van der Waals surface area contributed by atoms with Crippen molar-refractivity contribution in [2.24, 2.45) is 45.8 Å². The summed E-state index contributed by atoms with van der Waals surface area (Å²) in [6, 6.07) is 11.3. The van der Waals surface area contributed by atoms with Gasteiger partial charge in [0.05, 0.1) is 43.2 Å². The molecule has 2 saturated carbocycles. The smallest absolute Gasteiger partial charge is 0.497 e. The van der Waals surface area contributed by atoms with Gasteiger partial charge in [0.15, 0.2) is 0 Å². The molecule has 14 atom stereocenters. The number of carbonyl (C=O) groups excluding carboxylic acids is 1. The van der Waals surface area contributed by atoms with E-state index in [1.165, 1.54) is 0 Å². The highest BCUT2D eigenvalue weighted by Gasteiger charge is 2.56. The molecule has 17 heteroatoms. The first kappa shape index (κ1) is 58.9. The molecular formula is C64H87O14P3. The third-order valence-electron chi connectivity index (χ3n) is 18.8. The van der Waals surface area contributed by atoms with Gasteiger partial charge >= 0.3 is 31.4 Å². The molecule has 1 N–H and O–H groups in total. The maximum atomic E-state index is 13.2. The molecule has 1 aromatic heterocycles. The van der Waals surface area contributed by atoms with Gasteiger partial charge in [0.1, 0.15) is 45.7 Å². The van der Waals surface area contributed by atoms with E-state index in [1.807, 2.05) is 13.2 Å². The first-order valence-corrected chi connectivity index (χ1v) is 32.8. The molecule has 11 rings (SSSR count). The summed E-state index contributed by atoms with van der Waals surface area (Å²) in [4.78, 5) is 13.2. The number of fused-ring (bicyclic) bond motifs is 6. The highest BCUT2D eigenvalue weighted by molar-refractivity contribution is 7.43. The summed E-state index contributed by atoms with van der Waals surface area (Å²) in [6.45, 7) is 27.1. The lowest BCUT2D eigenvalue weighted by molar-refractivity contribution is -0.134. The summed E-state index contributed by atoms with van der Waals surface area (Å²) < 4.78 is 82.0. The number of benzene rings is 2. The second-order valence-electron chi connectivity index (χ2n) is 28.2. The summed E-state index contributed by atoms with van der Waals surface area (Å²) in [5.41, 5.74) is 5.17. The molecule has 2 aromatic carbocycles. The monoisotopic (exact) mass is 1170 g/mol. The zero-order valence-electron chi connectivity index (χ0n) is 50.3. The molecule has 6 aliphatic carbocycles. The third kappa shape index (κ3) is 11.7. The average molecular weight is 1170 g/mol. The zero-order chi connectivity index (χ0) is 57.7. The fourth-order valence-electron chi connectivity index (χ4n) is 14.4. The number of aliphatic hydroxyl groups excluding tert-OH is 1. The number of rotatable bonds is 10. The van der Waals surface area contributed by atoms with Crippen LogP contribution in [-0.4, -0.2) is 62.9 Å². The van der Waals surface area contributed by atoms with Crippen LogP contribution in [0.2, 0.25) is 0 Å². The van der Waals surface area contributed by atoms with E-state index in [9.17, 15) is 9.90 Å². The summed E-state index contributed by atoms with van der Waals surface area (Å²) >= 11 is 0. The van der Waals surface area contributed by atoms with Crippen LogP contribution in [0.5, 0.6) is 11.5 Å². The standard InChI is InChI=1S/C64H87O14P3/c1-61(2,3)46-28-37(65)27-42(55(46)74-81-75-57-44(30-39(68-14)33-48(57)63(7,8)9)45-31-40(69-15)34-49(58(45)76-81)64(10,11)12)43-29-38(67-13)32-47(62(4,5)6)56(43)73-80-72-52-25-19-21-36-26-35-20-18-24-51(53(35)59(77-80)54(36)52)71-79-70-50-23-17-16-22-41(50)60(66)78-79/h16-17,20,22-23,25,30,33,36-38,40,42-43,46-47,49,55-56,65H,18-19,21,24,26-29,31-32,34H2,1-15H3. The van der Waals surface area contributed by atoms with Crippen LogP contribution in [0.4, 0.5) is 0 Å². The zero-order valence-corrected chi connectivity index (χ0v) is 53.0. The van der Waals surface area contributed by atoms with Crippen molar-refractivity contribution in [3.63, 3.8) is 0 Å². The number of methoxy groups -OCH3 is 3.